The van der Waals surface area contributed by atoms with Crippen LogP contribution in [0.1, 0.15) is 21.5 Å². The Bertz CT molecular complexity index is 755. The van der Waals surface area contributed by atoms with E-state index in [-0.39, 0.29) is 15.8 Å². The fourth-order valence-corrected chi connectivity index (χ4v) is 2.07. The Hall–Kier alpha value is -2.22. The lowest BCUT2D eigenvalue weighted by atomic mass is 10.1. The van der Waals surface area contributed by atoms with Crippen LogP contribution in [-0.4, -0.2) is 10.9 Å². The Morgan fingerprint density at radius 2 is 2.00 bits per heavy atom. The second-order valence-electron chi connectivity index (χ2n) is 4.39. The Balaban J connectivity index is 2.21. The molecule has 2 rings (SSSR count). The molecule has 8 heteroatoms. The molecule has 0 aliphatic heterocycles. The highest BCUT2D eigenvalue weighted by molar-refractivity contribution is 7.71. The molecule has 116 valence electrons. The summed E-state index contributed by atoms with van der Waals surface area (Å²) in [5, 5.41) is 2.34. The van der Waals surface area contributed by atoms with E-state index in [1.165, 1.54) is 12.3 Å². The van der Waals surface area contributed by atoms with Crippen molar-refractivity contribution >= 4 is 18.1 Å². The lowest BCUT2D eigenvalue weighted by Gasteiger charge is -2.13. The molecular weight excluding hydrogens is 320 g/mol. The molecule has 1 heterocycles. The van der Waals surface area contributed by atoms with Gasteiger partial charge in [-0.1, -0.05) is 18.3 Å². The molecule has 0 unspecified atom stereocenters. The third-order valence-corrected chi connectivity index (χ3v) is 3.22. The number of hydrogen-bond acceptors (Lipinski definition) is 2. The van der Waals surface area contributed by atoms with Gasteiger partial charge in [-0.2, -0.15) is 13.2 Å². The summed E-state index contributed by atoms with van der Waals surface area (Å²) in [6.07, 6.45) is -3.17. The van der Waals surface area contributed by atoms with E-state index >= 15 is 0 Å². The number of carbonyl (C=O) groups excluding carboxylic acids is 1. The van der Waals surface area contributed by atoms with Crippen LogP contribution in [0.15, 0.2) is 36.5 Å². The van der Waals surface area contributed by atoms with Crippen LogP contribution < -0.4 is 5.32 Å². The molecule has 3 nitrogen and oxygen atoms in total. The average Bonchev–Trinajstić information content (AvgIpc) is 2.45. The monoisotopic (exact) mass is 330 g/mol. The first-order valence-electron chi connectivity index (χ1n) is 6.10. The minimum absolute atomic E-state index is 0.146. The molecule has 0 fully saturated rings. The molecule has 1 aromatic carbocycles. The maximum atomic E-state index is 13.0. The molecule has 0 saturated carbocycles. The number of pyridine rings is 1. The SMILES string of the molecule is O=C(NCc1ccc(F)cc1C(F)(F)F)c1ccc[nH]c1=S. The van der Waals surface area contributed by atoms with Gasteiger partial charge >= 0.3 is 6.18 Å². The molecule has 0 atom stereocenters. The van der Waals surface area contributed by atoms with E-state index in [1.807, 2.05) is 0 Å². The first-order chi connectivity index (χ1) is 10.3. The molecule has 0 spiro atoms. The van der Waals surface area contributed by atoms with Crippen molar-refractivity contribution in [1.82, 2.24) is 10.3 Å². The van der Waals surface area contributed by atoms with E-state index in [1.54, 1.807) is 6.07 Å². The van der Waals surface area contributed by atoms with Gasteiger partial charge in [0.2, 0.25) is 0 Å². The molecular formula is C14H10F4N2OS. The topological polar surface area (TPSA) is 44.9 Å². The van der Waals surface area contributed by atoms with E-state index in [9.17, 15) is 22.4 Å². The average molecular weight is 330 g/mol. The summed E-state index contributed by atoms with van der Waals surface area (Å²) in [4.78, 5) is 14.6. The Morgan fingerprint density at radius 1 is 1.27 bits per heavy atom. The van der Waals surface area contributed by atoms with E-state index in [0.29, 0.717) is 6.07 Å². The lowest BCUT2D eigenvalue weighted by molar-refractivity contribution is -0.138. The number of halogens is 4. The van der Waals surface area contributed by atoms with Gasteiger partial charge in [-0.05, 0) is 29.8 Å². The van der Waals surface area contributed by atoms with Crippen molar-refractivity contribution in [3.8, 4) is 0 Å². The largest absolute Gasteiger partial charge is 0.416 e. The quantitative estimate of drug-likeness (QED) is 0.663. The van der Waals surface area contributed by atoms with Crippen LogP contribution in [0.5, 0.6) is 0 Å². The molecule has 0 aliphatic carbocycles. The highest BCUT2D eigenvalue weighted by Crippen LogP contribution is 2.32. The zero-order chi connectivity index (χ0) is 16.3. The number of rotatable bonds is 3. The highest BCUT2D eigenvalue weighted by atomic mass is 32.1. The van der Waals surface area contributed by atoms with Gasteiger partial charge in [-0.15, -0.1) is 0 Å². The van der Waals surface area contributed by atoms with Crippen LogP contribution in [0.3, 0.4) is 0 Å². The van der Waals surface area contributed by atoms with Gasteiger partial charge in [0.25, 0.3) is 5.91 Å². The van der Waals surface area contributed by atoms with Gasteiger partial charge in [-0.3, -0.25) is 4.79 Å². The van der Waals surface area contributed by atoms with Gasteiger partial charge in [-0.25, -0.2) is 4.39 Å². The van der Waals surface area contributed by atoms with Crippen LogP contribution >= 0.6 is 12.2 Å². The standard InChI is InChI=1S/C14H10F4N2OS/c15-9-4-3-8(11(6-9)14(16,17)18)7-20-12(21)10-2-1-5-19-13(10)22/h1-6H,7H2,(H,19,22)(H,20,21). The van der Waals surface area contributed by atoms with Crippen molar-refractivity contribution in [2.24, 2.45) is 0 Å². The van der Waals surface area contributed by atoms with Gasteiger partial charge in [0, 0.05) is 12.7 Å². The molecule has 0 saturated heterocycles. The van der Waals surface area contributed by atoms with E-state index < -0.39 is 30.0 Å². The number of aromatic nitrogens is 1. The summed E-state index contributed by atoms with van der Waals surface area (Å²) in [7, 11) is 0. The summed E-state index contributed by atoms with van der Waals surface area (Å²) < 4.78 is 51.7. The number of H-pyrrole nitrogens is 1. The molecule has 2 aromatic rings. The molecule has 1 amide bonds. The number of amides is 1. The van der Waals surface area contributed by atoms with Gasteiger partial charge in [0.1, 0.15) is 10.5 Å². The second-order valence-corrected chi connectivity index (χ2v) is 4.80. The van der Waals surface area contributed by atoms with Crippen LogP contribution in [-0.2, 0) is 12.7 Å². The van der Waals surface area contributed by atoms with Crippen molar-refractivity contribution in [2.45, 2.75) is 12.7 Å². The highest BCUT2D eigenvalue weighted by Gasteiger charge is 2.33. The molecule has 22 heavy (non-hydrogen) atoms. The number of carbonyl (C=O) groups is 1. The Labute approximate surface area is 128 Å². The molecule has 0 aliphatic rings. The number of nitrogens with one attached hydrogen (secondary N) is 2. The number of benzene rings is 1. The predicted molar refractivity (Wildman–Crippen MR) is 74.2 cm³/mol. The van der Waals surface area contributed by atoms with E-state index in [2.05, 4.69) is 10.3 Å². The van der Waals surface area contributed by atoms with Gasteiger partial charge in [0.15, 0.2) is 0 Å². The van der Waals surface area contributed by atoms with Crippen LogP contribution in [0.2, 0.25) is 0 Å². The molecule has 1 aromatic heterocycles. The fraction of sp³-hybridized carbons (Fsp3) is 0.143. The Morgan fingerprint density at radius 3 is 2.64 bits per heavy atom. The third-order valence-electron chi connectivity index (χ3n) is 2.88. The first-order valence-corrected chi connectivity index (χ1v) is 6.51. The predicted octanol–water partition coefficient (Wildman–Crippen LogP) is 3.83. The number of aromatic amines is 1. The minimum Gasteiger partial charge on any atom is -0.352 e. The van der Waals surface area contributed by atoms with Crippen LogP contribution in [0, 0.1) is 10.5 Å². The van der Waals surface area contributed by atoms with Crippen molar-refractivity contribution in [3.05, 3.63) is 63.7 Å². The van der Waals surface area contributed by atoms with Crippen LogP contribution in [0.4, 0.5) is 17.6 Å². The summed E-state index contributed by atoms with van der Waals surface area (Å²) in [5.41, 5.74) is -1.20. The maximum absolute atomic E-state index is 13.0. The van der Waals surface area contributed by atoms with Crippen LogP contribution in [0.25, 0.3) is 0 Å². The molecule has 2 N–H and O–H groups in total. The lowest BCUT2D eigenvalue weighted by Crippen LogP contribution is -2.25. The zero-order valence-electron chi connectivity index (χ0n) is 11.0. The van der Waals surface area contributed by atoms with Crippen molar-refractivity contribution < 1.29 is 22.4 Å². The number of alkyl halides is 3. The number of hydrogen-bond donors (Lipinski definition) is 2. The molecule has 0 radical (unpaired) electrons. The van der Waals surface area contributed by atoms with Gasteiger partial charge in [0.05, 0.1) is 11.1 Å². The Kier molecular flexibility index (Phi) is 4.60. The maximum Gasteiger partial charge on any atom is 0.416 e. The smallest absolute Gasteiger partial charge is 0.352 e. The van der Waals surface area contributed by atoms with E-state index in [4.69, 9.17) is 12.2 Å². The fourth-order valence-electron chi connectivity index (χ4n) is 1.84. The minimum atomic E-state index is -4.70. The molecule has 0 bridgehead atoms. The van der Waals surface area contributed by atoms with E-state index in [0.717, 1.165) is 12.1 Å². The third kappa shape index (κ3) is 3.70. The van der Waals surface area contributed by atoms with Crippen molar-refractivity contribution in [3.63, 3.8) is 0 Å². The summed E-state index contributed by atoms with van der Waals surface area (Å²) in [6.45, 7) is -0.391. The van der Waals surface area contributed by atoms with Crippen molar-refractivity contribution in [2.75, 3.05) is 0 Å². The van der Waals surface area contributed by atoms with Gasteiger partial charge < -0.3 is 10.3 Å². The summed E-state index contributed by atoms with van der Waals surface area (Å²) >= 11 is 4.92. The second kappa shape index (κ2) is 6.27. The summed E-state index contributed by atoms with van der Waals surface area (Å²) in [5.74, 6) is -1.60. The summed E-state index contributed by atoms with van der Waals surface area (Å²) in [6, 6.07) is 5.29. The van der Waals surface area contributed by atoms with Crippen molar-refractivity contribution in [1.29, 1.82) is 0 Å². The first kappa shape index (κ1) is 16.2. The normalized spacial score (nSPS) is 11.3. The zero-order valence-corrected chi connectivity index (χ0v) is 11.8.